The van der Waals surface area contributed by atoms with Crippen molar-refractivity contribution in [1.82, 2.24) is 0 Å². The molecule has 0 amide bonds. The first kappa shape index (κ1) is 16.2. The lowest BCUT2D eigenvalue weighted by Gasteiger charge is -2.13. The zero-order chi connectivity index (χ0) is 15.8. The third-order valence-corrected chi connectivity index (χ3v) is 3.50. The highest BCUT2D eigenvalue weighted by Crippen LogP contribution is 2.28. The molecule has 2 aromatic carbocycles. The van der Waals surface area contributed by atoms with E-state index in [0.717, 1.165) is 43.2 Å². The van der Waals surface area contributed by atoms with E-state index < -0.39 is 0 Å². The van der Waals surface area contributed by atoms with Crippen LogP contribution in [0, 0.1) is 6.92 Å². The molecular formula is C19H25NO2. The molecule has 3 heteroatoms. The van der Waals surface area contributed by atoms with Crippen LogP contribution >= 0.6 is 0 Å². The molecule has 0 aliphatic rings. The number of aryl methyl sites for hydroxylation is 1. The van der Waals surface area contributed by atoms with Crippen LogP contribution in [-0.4, -0.2) is 13.7 Å². The van der Waals surface area contributed by atoms with E-state index in [1.807, 2.05) is 6.07 Å². The molecule has 0 spiro atoms. The molecule has 0 fully saturated rings. The largest absolute Gasteiger partial charge is 0.493 e. The third kappa shape index (κ3) is 4.69. The van der Waals surface area contributed by atoms with Crippen LogP contribution in [0.25, 0.3) is 0 Å². The fourth-order valence-corrected chi connectivity index (χ4v) is 2.23. The highest BCUT2D eigenvalue weighted by molar-refractivity contribution is 5.48. The Hall–Kier alpha value is -2.16. The smallest absolute Gasteiger partial charge is 0.161 e. The molecule has 0 heterocycles. The molecule has 0 atom stereocenters. The van der Waals surface area contributed by atoms with Crippen molar-refractivity contribution < 1.29 is 9.47 Å². The summed E-state index contributed by atoms with van der Waals surface area (Å²) in [5.74, 6) is 1.61. The number of hydrogen-bond acceptors (Lipinski definition) is 3. The van der Waals surface area contributed by atoms with Gasteiger partial charge in [0.2, 0.25) is 0 Å². The Bertz CT molecular complexity index is 596. The van der Waals surface area contributed by atoms with Gasteiger partial charge in [-0.3, -0.25) is 0 Å². The van der Waals surface area contributed by atoms with E-state index in [1.54, 1.807) is 7.11 Å². The molecule has 3 nitrogen and oxygen atoms in total. The Morgan fingerprint density at radius 2 is 1.91 bits per heavy atom. The van der Waals surface area contributed by atoms with Crippen molar-refractivity contribution >= 4 is 5.69 Å². The van der Waals surface area contributed by atoms with E-state index >= 15 is 0 Å². The van der Waals surface area contributed by atoms with Gasteiger partial charge in [-0.15, -0.1) is 0 Å². The molecule has 0 radical (unpaired) electrons. The summed E-state index contributed by atoms with van der Waals surface area (Å²) in [6.45, 7) is 5.74. The zero-order valence-corrected chi connectivity index (χ0v) is 13.7. The highest BCUT2D eigenvalue weighted by Gasteiger charge is 2.06. The van der Waals surface area contributed by atoms with Gasteiger partial charge in [0, 0.05) is 12.2 Å². The lowest BCUT2D eigenvalue weighted by atomic mass is 10.2. The van der Waals surface area contributed by atoms with Gasteiger partial charge in [0.15, 0.2) is 11.5 Å². The van der Waals surface area contributed by atoms with Crippen LogP contribution in [0.5, 0.6) is 11.5 Å². The maximum Gasteiger partial charge on any atom is 0.161 e. The Labute approximate surface area is 133 Å². The molecule has 2 rings (SSSR count). The summed E-state index contributed by atoms with van der Waals surface area (Å²) in [5, 5.41) is 3.44. The van der Waals surface area contributed by atoms with Crippen molar-refractivity contribution in [3.05, 3.63) is 53.6 Å². The molecule has 118 valence electrons. The number of nitrogens with one attached hydrogen (secondary N) is 1. The van der Waals surface area contributed by atoms with E-state index in [9.17, 15) is 0 Å². The monoisotopic (exact) mass is 299 g/mol. The van der Waals surface area contributed by atoms with Crippen molar-refractivity contribution in [3.63, 3.8) is 0 Å². The summed E-state index contributed by atoms with van der Waals surface area (Å²) in [6.07, 6.45) is 2.17. The normalized spacial score (nSPS) is 10.3. The van der Waals surface area contributed by atoms with Gasteiger partial charge in [-0.1, -0.05) is 31.5 Å². The van der Waals surface area contributed by atoms with Gasteiger partial charge in [-0.25, -0.2) is 0 Å². The maximum atomic E-state index is 5.83. The van der Waals surface area contributed by atoms with Crippen LogP contribution in [-0.2, 0) is 6.54 Å². The number of methoxy groups -OCH3 is 1. The second-order valence-corrected chi connectivity index (χ2v) is 5.41. The molecule has 1 N–H and O–H groups in total. The fraction of sp³-hybridized carbons (Fsp3) is 0.368. The first-order valence-corrected chi connectivity index (χ1v) is 7.83. The molecule has 0 aromatic heterocycles. The number of rotatable bonds is 8. The quantitative estimate of drug-likeness (QED) is 0.711. The summed E-state index contributed by atoms with van der Waals surface area (Å²) in [6, 6.07) is 14.5. The van der Waals surface area contributed by atoms with E-state index in [4.69, 9.17) is 9.47 Å². The van der Waals surface area contributed by atoms with Crippen LogP contribution in [0.3, 0.4) is 0 Å². The number of benzene rings is 2. The predicted molar refractivity (Wildman–Crippen MR) is 91.9 cm³/mol. The SMILES string of the molecule is CCCCOc1cc(CNc2cccc(C)c2)ccc1OC. The second-order valence-electron chi connectivity index (χ2n) is 5.41. The summed E-state index contributed by atoms with van der Waals surface area (Å²) < 4.78 is 11.2. The van der Waals surface area contributed by atoms with Gasteiger partial charge < -0.3 is 14.8 Å². The van der Waals surface area contributed by atoms with Gasteiger partial charge in [0.25, 0.3) is 0 Å². The average molecular weight is 299 g/mol. The molecular weight excluding hydrogens is 274 g/mol. The highest BCUT2D eigenvalue weighted by atomic mass is 16.5. The van der Waals surface area contributed by atoms with Gasteiger partial charge in [-0.05, 0) is 48.7 Å². The molecule has 0 aliphatic heterocycles. The zero-order valence-electron chi connectivity index (χ0n) is 13.7. The molecule has 0 saturated carbocycles. The Kier molecular flexibility index (Phi) is 6.13. The molecule has 0 saturated heterocycles. The van der Waals surface area contributed by atoms with Gasteiger partial charge in [0.1, 0.15) is 0 Å². The minimum absolute atomic E-state index is 0.724. The van der Waals surface area contributed by atoms with Crippen LogP contribution in [0.4, 0.5) is 5.69 Å². The van der Waals surface area contributed by atoms with E-state index in [2.05, 4.69) is 55.6 Å². The standard InChI is InChI=1S/C19H25NO2/c1-4-5-11-22-19-13-16(9-10-18(19)21-3)14-20-17-8-6-7-15(2)12-17/h6-10,12-13,20H,4-5,11,14H2,1-3H3. The van der Waals surface area contributed by atoms with E-state index in [1.165, 1.54) is 11.1 Å². The molecule has 2 aromatic rings. The first-order chi connectivity index (χ1) is 10.7. The summed E-state index contributed by atoms with van der Waals surface area (Å²) in [7, 11) is 1.67. The van der Waals surface area contributed by atoms with Crippen molar-refractivity contribution in [2.75, 3.05) is 19.0 Å². The Morgan fingerprint density at radius 3 is 2.64 bits per heavy atom. The molecule has 0 aliphatic carbocycles. The Morgan fingerprint density at radius 1 is 1.05 bits per heavy atom. The second kappa shape index (κ2) is 8.32. The molecule has 22 heavy (non-hydrogen) atoms. The number of ether oxygens (including phenoxy) is 2. The summed E-state index contributed by atoms with van der Waals surface area (Å²) >= 11 is 0. The van der Waals surface area contributed by atoms with Crippen LogP contribution in [0.2, 0.25) is 0 Å². The van der Waals surface area contributed by atoms with Crippen molar-refractivity contribution in [2.45, 2.75) is 33.2 Å². The van der Waals surface area contributed by atoms with Crippen molar-refractivity contribution in [1.29, 1.82) is 0 Å². The van der Waals surface area contributed by atoms with Crippen LogP contribution in [0.15, 0.2) is 42.5 Å². The minimum Gasteiger partial charge on any atom is -0.493 e. The van der Waals surface area contributed by atoms with Crippen LogP contribution < -0.4 is 14.8 Å². The van der Waals surface area contributed by atoms with Gasteiger partial charge in [-0.2, -0.15) is 0 Å². The predicted octanol–water partition coefficient (Wildman–Crippen LogP) is 4.79. The topological polar surface area (TPSA) is 30.5 Å². The minimum atomic E-state index is 0.724. The van der Waals surface area contributed by atoms with Gasteiger partial charge >= 0.3 is 0 Å². The maximum absolute atomic E-state index is 5.83. The average Bonchev–Trinajstić information content (AvgIpc) is 2.53. The van der Waals surface area contributed by atoms with Crippen LogP contribution in [0.1, 0.15) is 30.9 Å². The van der Waals surface area contributed by atoms with Crippen molar-refractivity contribution in [3.8, 4) is 11.5 Å². The third-order valence-electron chi connectivity index (χ3n) is 3.50. The fourth-order valence-electron chi connectivity index (χ4n) is 2.23. The number of hydrogen-bond donors (Lipinski definition) is 1. The first-order valence-electron chi connectivity index (χ1n) is 7.83. The summed E-state index contributed by atoms with van der Waals surface area (Å²) in [4.78, 5) is 0. The van der Waals surface area contributed by atoms with Gasteiger partial charge in [0.05, 0.1) is 13.7 Å². The van der Waals surface area contributed by atoms with E-state index in [-0.39, 0.29) is 0 Å². The lowest BCUT2D eigenvalue weighted by Crippen LogP contribution is -2.02. The molecule has 0 unspecified atom stereocenters. The summed E-state index contributed by atoms with van der Waals surface area (Å²) in [5.41, 5.74) is 3.56. The van der Waals surface area contributed by atoms with Crippen molar-refractivity contribution in [2.24, 2.45) is 0 Å². The molecule has 0 bridgehead atoms. The van der Waals surface area contributed by atoms with E-state index in [0.29, 0.717) is 0 Å². The lowest BCUT2D eigenvalue weighted by molar-refractivity contribution is 0.288. The Balaban J connectivity index is 2.02. The number of anilines is 1. The number of unbranched alkanes of at least 4 members (excludes halogenated alkanes) is 1.